The van der Waals surface area contributed by atoms with Gasteiger partial charge >= 0.3 is 0 Å². The Labute approximate surface area is 74.7 Å². The van der Waals surface area contributed by atoms with Crippen LogP contribution in [-0.2, 0) is 4.79 Å². The van der Waals surface area contributed by atoms with E-state index in [-0.39, 0.29) is 11.5 Å². The van der Waals surface area contributed by atoms with E-state index in [0.717, 1.165) is 25.8 Å². The monoisotopic (exact) mass is 169 g/mol. The van der Waals surface area contributed by atoms with Crippen molar-refractivity contribution in [3.63, 3.8) is 0 Å². The van der Waals surface area contributed by atoms with Crippen LogP contribution < -0.4 is 5.32 Å². The second-order valence-corrected chi connectivity index (χ2v) is 4.04. The molecule has 2 unspecified atom stereocenters. The summed E-state index contributed by atoms with van der Waals surface area (Å²) in [6.07, 6.45) is 3.10. The number of rotatable bonds is 3. The minimum atomic E-state index is -0.213. The minimum absolute atomic E-state index is 0.209. The highest BCUT2D eigenvalue weighted by Gasteiger charge is 2.37. The van der Waals surface area contributed by atoms with Gasteiger partial charge in [0, 0.05) is 5.92 Å². The van der Waals surface area contributed by atoms with E-state index in [9.17, 15) is 4.79 Å². The molecule has 0 amide bonds. The number of carbonyl (C=O) groups excluding carboxylic acids is 1. The lowest BCUT2D eigenvalue weighted by Crippen LogP contribution is -2.47. The molecule has 0 aromatic heterocycles. The van der Waals surface area contributed by atoms with Gasteiger partial charge in [-0.15, -0.1) is 0 Å². The van der Waals surface area contributed by atoms with Crippen molar-refractivity contribution in [1.29, 1.82) is 0 Å². The average molecular weight is 169 g/mol. The highest BCUT2D eigenvalue weighted by molar-refractivity contribution is 5.90. The van der Waals surface area contributed by atoms with Crippen molar-refractivity contribution < 1.29 is 4.79 Å². The fourth-order valence-corrected chi connectivity index (χ4v) is 1.83. The lowest BCUT2D eigenvalue weighted by molar-refractivity contribution is -0.127. The van der Waals surface area contributed by atoms with E-state index in [1.807, 2.05) is 13.8 Å². The fourth-order valence-electron chi connectivity index (χ4n) is 1.83. The predicted octanol–water partition coefficient (Wildman–Crippen LogP) is 1.74. The highest BCUT2D eigenvalue weighted by Crippen LogP contribution is 2.23. The van der Waals surface area contributed by atoms with Crippen LogP contribution in [0.2, 0.25) is 0 Å². The number of hydrogen-bond acceptors (Lipinski definition) is 2. The van der Waals surface area contributed by atoms with Crippen molar-refractivity contribution in [2.75, 3.05) is 6.54 Å². The van der Waals surface area contributed by atoms with Crippen LogP contribution in [0.3, 0.4) is 0 Å². The molecule has 12 heavy (non-hydrogen) atoms. The van der Waals surface area contributed by atoms with E-state index < -0.39 is 0 Å². The Balaban J connectivity index is 2.61. The molecule has 2 nitrogen and oxygen atoms in total. The Morgan fingerprint density at radius 3 is 2.75 bits per heavy atom. The molecule has 1 saturated heterocycles. The van der Waals surface area contributed by atoms with Crippen molar-refractivity contribution in [3.05, 3.63) is 0 Å². The summed E-state index contributed by atoms with van der Waals surface area (Å²) in [5.41, 5.74) is -0.213. The molecule has 1 fully saturated rings. The van der Waals surface area contributed by atoms with Gasteiger partial charge in [-0.2, -0.15) is 0 Å². The van der Waals surface area contributed by atoms with E-state index in [4.69, 9.17) is 0 Å². The van der Waals surface area contributed by atoms with Gasteiger partial charge in [-0.1, -0.05) is 13.8 Å². The van der Waals surface area contributed by atoms with Gasteiger partial charge < -0.3 is 5.32 Å². The van der Waals surface area contributed by atoms with Crippen LogP contribution in [0.15, 0.2) is 0 Å². The molecule has 0 saturated carbocycles. The van der Waals surface area contributed by atoms with Gasteiger partial charge in [0.15, 0.2) is 5.78 Å². The van der Waals surface area contributed by atoms with E-state index in [0.29, 0.717) is 5.78 Å². The summed E-state index contributed by atoms with van der Waals surface area (Å²) in [6.45, 7) is 7.13. The number of Topliss-reactive ketones (excluding diaryl/α,β-unsaturated/α-hetero) is 1. The number of hydrogen-bond donors (Lipinski definition) is 1. The van der Waals surface area contributed by atoms with Gasteiger partial charge in [0.05, 0.1) is 5.54 Å². The predicted molar refractivity (Wildman–Crippen MR) is 50.1 cm³/mol. The molecular formula is C10H19NO. The van der Waals surface area contributed by atoms with Gasteiger partial charge in [0.1, 0.15) is 0 Å². The van der Waals surface area contributed by atoms with Gasteiger partial charge in [-0.25, -0.2) is 0 Å². The number of carbonyl (C=O) groups is 1. The fraction of sp³-hybridized carbons (Fsp3) is 0.900. The first-order chi connectivity index (χ1) is 5.60. The quantitative estimate of drug-likeness (QED) is 0.697. The number of nitrogens with one attached hydrogen (secondary N) is 1. The largest absolute Gasteiger partial charge is 0.305 e. The first kappa shape index (κ1) is 9.72. The molecule has 0 aromatic carbocycles. The van der Waals surface area contributed by atoms with Crippen LogP contribution in [0.4, 0.5) is 0 Å². The Bertz CT molecular complexity index is 171. The zero-order valence-electron chi connectivity index (χ0n) is 8.31. The van der Waals surface area contributed by atoms with Gasteiger partial charge in [0.25, 0.3) is 0 Å². The van der Waals surface area contributed by atoms with E-state index in [2.05, 4.69) is 12.2 Å². The molecule has 0 aliphatic carbocycles. The summed E-state index contributed by atoms with van der Waals surface area (Å²) in [5, 5.41) is 3.30. The second-order valence-electron chi connectivity index (χ2n) is 4.04. The van der Waals surface area contributed by atoms with Gasteiger partial charge in [-0.05, 0) is 32.7 Å². The molecule has 1 aliphatic rings. The second kappa shape index (κ2) is 3.56. The van der Waals surface area contributed by atoms with E-state index >= 15 is 0 Å². The smallest absolute Gasteiger partial charge is 0.155 e. The lowest BCUT2D eigenvalue weighted by atomic mass is 9.86. The molecule has 1 heterocycles. The summed E-state index contributed by atoms with van der Waals surface area (Å²) in [5.74, 6) is 0.600. The van der Waals surface area contributed by atoms with Crippen LogP contribution in [0.25, 0.3) is 0 Å². The van der Waals surface area contributed by atoms with Crippen LogP contribution in [0.5, 0.6) is 0 Å². The first-order valence-electron chi connectivity index (χ1n) is 4.89. The zero-order chi connectivity index (χ0) is 9.19. The molecule has 1 N–H and O–H groups in total. The summed E-state index contributed by atoms with van der Waals surface area (Å²) >= 11 is 0. The molecule has 0 aromatic rings. The third kappa shape index (κ3) is 1.69. The highest BCUT2D eigenvalue weighted by atomic mass is 16.1. The van der Waals surface area contributed by atoms with Crippen LogP contribution in [-0.4, -0.2) is 17.9 Å². The minimum Gasteiger partial charge on any atom is -0.305 e. The maximum absolute atomic E-state index is 11.8. The normalized spacial score (nSPS) is 31.9. The third-order valence-electron chi connectivity index (χ3n) is 2.97. The van der Waals surface area contributed by atoms with E-state index in [1.165, 1.54) is 0 Å². The molecule has 1 aliphatic heterocycles. The van der Waals surface area contributed by atoms with Crippen molar-refractivity contribution >= 4 is 5.78 Å². The molecule has 0 spiro atoms. The summed E-state index contributed by atoms with van der Waals surface area (Å²) < 4.78 is 0. The topological polar surface area (TPSA) is 29.1 Å². The standard InChI is InChI=1S/C10H19NO/c1-4-8(2)9(12)10(3)6-5-7-11-10/h8,11H,4-7H2,1-3H3. The molecule has 0 bridgehead atoms. The van der Waals surface area contributed by atoms with Gasteiger partial charge in [0.2, 0.25) is 0 Å². The maximum Gasteiger partial charge on any atom is 0.155 e. The zero-order valence-corrected chi connectivity index (χ0v) is 8.31. The van der Waals surface area contributed by atoms with Crippen molar-refractivity contribution in [2.45, 2.75) is 45.6 Å². The summed E-state index contributed by atoms with van der Waals surface area (Å²) in [4.78, 5) is 11.8. The molecule has 2 heteroatoms. The third-order valence-corrected chi connectivity index (χ3v) is 2.97. The summed E-state index contributed by atoms with van der Waals surface area (Å²) in [6, 6.07) is 0. The van der Waals surface area contributed by atoms with Gasteiger partial charge in [-0.3, -0.25) is 4.79 Å². The lowest BCUT2D eigenvalue weighted by Gasteiger charge is -2.25. The van der Waals surface area contributed by atoms with Crippen LogP contribution in [0.1, 0.15) is 40.0 Å². The van der Waals surface area contributed by atoms with Crippen molar-refractivity contribution in [2.24, 2.45) is 5.92 Å². The molecule has 1 rings (SSSR count). The van der Waals surface area contributed by atoms with Crippen LogP contribution >= 0.6 is 0 Å². The molecule has 70 valence electrons. The molecule has 0 radical (unpaired) electrons. The molecular weight excluding hydrogens is 150 g/mol. The summed E-state index contributed by atoms with van der Waals surface area (Å²) in [7, 11) is 0. The van der Waals surface area contributed by atoms with Crippen molar-refractivity contribution in [3.8, 4) is 0 Å². The van der Waals surface area contributed by atoms with E-state index in [1.54, 1.807) is 0 Å². The first-order valence-corrected chi connectivity index (χ1v) is 4.89. The SMILES string of the molecule is CCC(C)C(=O)C1(C)CCCN1. The van der Waals surface area contributed by atoms with Crippen LogP contribution in [0, 0.1) is 5.92 Å². The number of ketones is 1. The Morgan fingerprint density at radius 1 is 1.67 bits per heavy atom. The average Bonchev–Trinajstić information content (AvgIpc) is 2.50. The maximum atomic E-state index is 11.8. The molecule has 2 atom stereocenters. The van der Waals surface area contributed by atoms with Crippen molar-refractivity contribution in [1.82, 2.24) is 5.32 Å². The Morgan fingerprint density at radius 2 is 2.33 bits per heavy atom. The Hall–Kier alpha value is -0.370. The Kier molecular flexibility index (Phi) is 2.89.